The minimum Gasteiger partial charge on any atom is -0.491 e. The summed E-state index contributed by atoms with van der Waals surface area (Å²) in [5.41, 5.74) is 19.0. The second-order valence-electron chi connectivity index (χ2n) is 5.75. The maximum atomic E-state index is 6.29. The highest BCUT2D eigenvalue weighted by Gasteiger charge is 2.19. The number of aromatic nitrogens is 3. The highest BCUT2D eigenvalue weighted by Crippen LogP contribution is 2.34. The van der Waals surface area contributed by atoms with Gasteiger partial charge in [-0.3, -0.25) is 0 Å². The Kier molecular flexibility index (Phi) is 3.69. The monoisotopic (exact) mass is 311 g/mol. The highest BCUT2D eigenvalue weighted by atomic mass is 16.5. The fourth-order valence-corrected chi connectivity index (χ4v) is 3.13. The Morgan fingerprint density at radius 3 is 2.39 bits per heavy atom. The predicted octanol–water partition coefficient (Wildman–Crippen LogP) is 2.37. The Morgan fingerprint density at radius 1 is 1.17 bits per heavy atom. The molecule has 3 rings (SSSR count). The van der Waals surface area contributed by atoms with Gasteiger partial charge < -0.3 is 16.2 Å². The summed E-state index contributed by atoms with van der Waals surface area (Å²) in [6.45, 7) is 6.52. The van der Waals surface area contributed by atoms with Crippen molar-refractivity contribution in [3.8, 4) is 17.0 Å². The number of hydrogen-bond acceptors (Lipinski definition) is 5. The molecule has 6 heteroatoms. The number of nitrogens with zero attached hydrogens (tertiary/aromatic N) is 3. The van der Waals surface area contributed by atoms with Crippen LogP contribution in [0.3, 0.4) is 0 Å². The van der Waals surface area contributed by atoms with Crippen LogP contribution >= 0.6 is 0 Å². The van der Waals surface area contributed by atoms with Crippen LogP contribution < -0.4 is 16.2 Å². The van der Waals surface area contributed by atoms with E-state index in [4.69, 9.17) is 21.2 Å². The molecule has 0 saturated heterocycles. The number of nitrogen functional groups attached to an aromatic ring is 1. The molecule has 0 radical (unpaired) electrons. The topological polar surface area (TPSA) is 91.5 Å². The van der Waals surface area contributed by atoms with Gasteiger partial charge in [-0.05, 0) is 31.9 Å². The molecule has 4 N–H and O–H groups in total. The molecule has 0 spiro atoms. The van der Waals surface area contributed by atoms with Crippen LogP contribution in [0.25, 0.3) is 16.9 Å². The zero-order chi connectivity index (χ0) is 16.7. The lowest BCUT2D eigenvalue weighted by atomic mass is 9.94. The quantitative estimate of drug-likeness (QED) is 0.775. The van der Waals surface area contributed by atoms with Gasteiger partial charge in [-0.2, -0.15) is 9.61 Å². The zero-order valence-corrected chi connectivity index (χ0v) is 13.8. The summed E-state index contributed by atoms with van der Waals surface area (Å²) in [7, 11) is 1.59. The van der Waals surface area contributed by atoms with E-state index in [-0.39, 0.29) is 0 Å². The molecule has 0 amide bonds. The smallest absolute Gasteiger partial charge is 0.200 e. The lowest BCUT2D eigenvalue weighted by Crippen LogP contribution is -2.12. The van der Waals surface area contributed by atoms with Crippen LogP contribution in [0.2, 0.25) is 0 Å². The first-order chi connectivity index (χ1) is 11.0. The van der Waals surface area contributed by atoms with Crippen LogP contribution in [0.1, 0.15) is 22.3 Å². The number of hydrogen-bond donors (Lipinski definition) is 2. The van der Waals surface area contributed by atoms with Gasteiger partial charge in [0.2, 0.25) is 0 Å². The molecule has 3 aromatic rings. The van der Waals surface area contributed by atoms with Crippen molar-refractivity contribution in [3.63, 3.8) is 0 Å². The second-order valence-corrected chi connectivity index (χ2v) is 5.75. The van der Waals surface area contributed by atoms with Gasteiger partial charge in [0.15, 0.2) is 11.4 Å². The van der Waals surface area contributed by atoms with Gasteiger partial charge in [-0.25, -0.2) is 4.98 Å². The van der Waals surface area contributed by atoms with Crippen molar-refractivity contribution in [1.29, 1.82) is 0 Å². The minimum atomic E-state index is 0.291. The third kappa shape index (κ3) is 2.31. The van der Waals surface area contributed by atoms with Crippen LogP contribution in [0, 0.1) is 20.8 Å². The van der Waals surface area contributed by atoms with E-state index >= 15 is 0 Å². The van der Waals surface area contributed by atoms with Gasteiger partial charge in [-0.15, -0.1) is 0 Å². The molecule has 2 aromatic heterocycles. The average Bonchev–Trinajstić information content (AvgIpc) is 2.89. The lowest BCUT2D eigenvalue weighted by Gasteiger charge is -2.16. The van der Waals surface area contributed by atoms with E-state index in [0.717, 1.165) is 27.9 Å². The van der Waals surface area contributed by atoms with Crippen molar-refractivity contribution in [2.24, 2.45) is 5.73 Å². The summed E-state index contributed by atoms with van der Waals surface area (Å²) < 4.78 is 6.91. The molecular formula is C17H21N5O. The number of ether oxygens (including phenoxy) is 1. The van der Waals surface area contributed by atoms with Crippen molar-refractivity contribution in [2.45, 2.75) is 27.3 Å². The van der Waals surface area contributed by atoms with Gasteiger partial charge in [0.25, 0.3) is 0 Å². The first-order valence-corrected chi connectivity index (χ1v) is 7.46. The van der Waals surface area contributed by atoms with E-state index in [0.29, 0.717) is 23.8 Å². The van der Waals surface area contributed by atoms with Crippen LogP contribution in [0.15, 0.2) is 18.3 Å². The average molecular weight is 311 g/mol. The molecule has 6 nitrogen and oxygen atoms in total. The summed E-state index contributed by atoms with van der Waals surface area (Å²) in [6, 6.07) is 4.27. The fourth-order valence-electron chi connectivity index (χ4n) is 3.13. The van der Waals surface area contributed by atoms with Crippen LogP contribution in [0.5, 0.6) is 5.75 Å². The minimum absolute atomic E-state index is 0.291. The first kappa shape index (κ1) is 15.3. The van der Waals surface area contributed by atoms with Crippen molar-refractivity contribution in [1.82, 2.24) is 14.6 Å². The molecule has 0 aliphatic carbocycles. The number of benzene rings is 1. The standard InChI is InChI=1S/C17H21N5O/c1-9-5-10(2)14(11(3)6-9)15-12(7-18)16(19)22-17(21-15)13(23-4)8-20-22/h5-6,8H,7,18-19H2,1-4H3. The maximum absolute atomic E-state index is 6.29. The molecule has 2 heterocycles. The van der Waals surface area contributed by atoms with Gasteiger partial charge in [0.05, 0.1) is 19.0 Å². The molecular weight excluding hydrogens is 290 g/mol. The lowest BCUT2D eigenvalue weighted by molar-refractivity contribution is 0.418. The summed E-state index contributed by atoms with van der Waals surface area (Å²) in [5, 5.41) is 4.24. The van der Waals surface area contributed by atoms with Crippen LogP contribution in [-0.4, -0.2) is 21.7 Å². The molecule has 0 saturated carbocycles. The Bertz CT molecular complexity index is 875. The maximum Gasteiger partial charge on any atom is 0.200 e. The third-order valence-corrected chi connectivity index (χ3v) is 4.09. The highest BCUT2D eigenvalue weighted by molar-refractivity contribution is 5.77. The Labute approximate surface area is 135 Å². The Morgan fingerprint density at radius 2 is 1.83 bits per heavy atom. The molecule has 0 fully saturated rings. The number of fused-ring (bicyclic) bond motifs is 1. The summed E-state index contributed by atoms with van der Waals surface area (Å²) in [5.74, 6) is 1.08. The van der Waals surface area contributed by atoms with E-state index in [1.807, 2.05) is 0 Å². The zero-order valence-electron chi connectivity index (χ0n) is 13.8. The normalized spacial score (nSPS) is 11.2. The molecule has 0 bridgehead atoms. The van der Waals surface area contributed by atoms with E-state index in [1.54, 1.807) is 17.8 Å². The van der Waals surface area contributed by atoms with Gasteiger partial charge in [0, 0.05) is 17.7 Å². The molecule has 0 aliphatic heterocycles. The van der Waals surface area contributed by atoms with Crippen molar-refractivity contribution in [3.05, 3.63) is 40.6 Å². The van der Waals surface area contributed by atoms with Crippen molar-refractivity contribution < 1.29 is 4.74 Å². The molecule has 120 valence electrons. The number of anilines is 1. The van der Waals surface area contributed by atoms with E-state index in [1.165, 1.54) is 5.56 Å². The van der Waals surface area contributed by atoms with Gasteiger partial charge >= 0.3 is 0 Å². The molecule has 0 aliphatic rings. The van der Waals surface area contributed by atoms with Gasteiger partial charge in [-0.1, -0.05) is 17.7 Å². The fraction of sp³-hybridized carbons (Fsp3) is 0.294. The third-order valence-electron chi connectivity index (χ3n) is 4.09. The molecule has 23 heavy (non-hydrogen) atoms. The Balaban J connectivity index is 2.41. The SMILES string of the molecule is COc1cnn2c(N)c(CN)c(-c3c(C)cc(C)cc3C)nc12. The van der Waals surface area contributed by atoms with Crippen LogP contribution in [-0.2, 0) is 6.54 Å². The van der Waals surface area contributed by atoms with Crippen LogP contribution in [0.4, 0.5) is 5.82 Å². The predicted molar refractivity (Wildman–Crippen MR) is 91.5 cm³/mol. The number of methoxy groups -OCH3 is 1. The van der Waals surface area contributed by atoms with Crippen molar-refractivity contribution >= 4 is 11.5 Å². The number of nitrogens with two attached hydrogens (primary N) is 2. The van der Waals surface area contributed by atoms with E-state index < -0.39 is 0 Å². The summed E-state index contributed by atoms with van der Waals surface area (Å²) in [4.78, 5) is 4.77. The number of aryl methyl sites for hydroxylation is 3. The van der Waals surface area contributed by atoms with Gasteiger partial charge in [0.1, 0.15) is 5.82 Å². The largest absolute Gasteiger partial charge is 0.491 e. The summed E-state index contributed by atoms with van der Waals surface area (Å²) in [6.07, 6.45) is 1.61. The van der Waals surface area contributed by atoms with E-state index in [2.05, 4.69) is 38.0 Å². The number of rotatable bonds is 3. The van der Waals surface area contributed by atoms with Crippen molar-refractivity contribution in [2.75, 3.05) is 12.8 Å². The molecule has 1 aromatic carbocycles. The molecule has 0 atom stereocenters. The second kappa shape index (κ2) is 5.55. The first-order valence-electron chi connectivity index (χ1n) is 7.46. The molecule has 0 unspecified atom stereocenters. The van der Waals surface area contributed by atoms with E-state index in [9.17, 15) is 0 Å². The Hall–Kier alpha value is -2.60. The summed E-state index contributed by atoms with van der Waals surface area (Å²) >= 11 is 0.